The molecule has 0 aromatic carbocycles. The van der Waals surface area contributed by atoms with Gasteiger partial charge >= 0.3 is 0 Å². The molecule has 0 fully saturated rings. The van der Waals surface area contributed by atoms with Crippen LogP contribution in [0, 0.1) is 0 Å². The van der Waals surface area contributed by atoms with Crippen molar-refractivity contribution in [2.75, 3.05) is 5.75 Å². The highest BCUT2D eigenvalue weighted by molar-refractivity contribution is 7.91. The molecule has 9 heteroatoms. The average Bonchev–Trinajstić information content (AvgIpc) is 2.48. The number of halogens is 2. The molecule has 0 aliphatic rings. The van der Waals surface area contributed by atoms with Gasteiger partial charge in [-0.1, -0.05) is 6.92 Å². The molecule has 0 saturated heterocycles. The Hall–Kier alpha value is -2.16. The zero-order valence-electron chi connectivity index (χ0n) is 12.5. The van der Waals surface area contributed by atoms with E-state index in [1.165, 1.54) is 25.3 Å². The smallest absolute Gasteiger partial charge is 0.263 e. The summed E-state index contributed by atoms with van der Waals surface area (Å²) in [5.74, 6) is -3.19. The second-order valence-electron chi connectivity index (χ2n) is 5.06. The maximum Gasteiger partial charge on any atom is 0.263 e. The van der Waals surface area contributed by atoms with Crippen LogP contribution in [0.25, 0.3) is 11.4 Å². The monoisotopic (exact) mass is 343 g/mol. The molecule has 6 nitrogen and oxygen atoms in total. The minimum Gasteiger partial charge on any atom is -0.293 e. The molecule has 0 N–H and O–H groups in total. The van der Waals surface area contributed by atoms with Gasteiger partial charge in [0.25, 0.3) is 11.5 Å². The molecule has 0 unspecified atom stereocenters. The number of sulfone groups is 1. The molecule has 0 bridgehead atoms. The van der Waals surface area contributed by atoms with E-state index in [0.29, 0.717) is 6.92 Å². The molecule has 23 heavy (non-hydrogen) atoms. The molecule has 0 amide bonds. The van der Waals surface area contributed by atoms with Crippen molar-refractivity contribution in [2.45, 2.75) is 31.2 Å². The Balaban J connectivity index is 2.54. The van der Waals surface area contributed by atoms with Gasteiger partial charge in [0.2, 0.25) is 0 Å². The van der Waals surface area contributed by atoms with Crippen molar-refractivity contribution >= 4 is 9.84 Å². The Labute approximate surface area is 131 Å². The van der Waals surface area contributed by atoms with Crippen LogP contribution in [0.3, 0.4) is 0 Å². The van der Waals surface area contributed by atoms with Crippen LogP contribution >= 0.6 is 0 Å². The van der Waals surface area contributed by atoms with Crippen molar-refractivity contribution in [3.05, 3.63) is 41.1 Å². The van der Waals surface area contributed by atoms with Crippen LogP contribution in [0.4, 0.5) is 8.78 Å². The minimum atomic E-state index is -3.56. The summed E-state index contributed by atoms with van der Waals surface area (Å²) >= 11 is 0. The van der Waals surface area contributed by atoms with Crippen molar-refractivity contribution in [3.63, 3.8) is 0 Å². The van der Waals surface area contributed by atoms with Crippen LogP contribution < -0.4 is 5.56 Å². The number of hydrogen-bond donors (Lipinski definition) is 0. The lowest BCUT2D eigenvalue weighted by Gasteiger charge is -2.12. The third-order valence-electron chi connectivity index (χ3n) is 3.06. The van der Waals surface area contributed by atoms with Crippen LogP contribution in [0.1, 0.15) is 13.8 Å². The zero-order valence-corrected chi connectivity index (χ0v) is 13.3. The number of alkyl halides is 2. The number of rotatable bonds is 5. The first-order valence-corrected chi connectivity index (χ1v) is 8.42. The Morgan fingerprint density at radius 2 is 2.00 bits per heavy atom. The molecule has 0 atom stereocenters. The summed E-state index contributed by atoms with van der Waals surface area (Å²) in [7, 11) is -3.56. The lowest BCUT2D eigenvalue weighted by atomic mass is 10.2. The SMILES string of the molecule is CCS(=O)(=O)c1cccnc1-c1cc(=O)n(CC(C)(F)F)cn1. The molecule has 0 aliphatic heterocycles. The molecule has 0 spiro atoms. The number of hydrogen-bond acceptors (Lipinski definition) is 5. The van der Waals surface area contributed by atoms with Gasteiger partial charge < -0.3 is 0 Å². The van der Waals surface area contributed by atoms with Gasteiger partial charge in [-0.2, -0.15) is 0 Å². The van der Waals surface area contributed by atoms with E-state index in [1.54, 1.807) is 0 Å². The van der Waals surface area contributed by atoms with Gasteiger partial charge in [-0.05, 0) is 12.1 Å². The average molecular weight is 343 g/mol. The summed E-state index contributed by atoms with van der Waals surface area (Å²) in [4.78, 5) is 19.8. The van der Waals surface area contributed by atoms with Crippen LogP contribution in [-0.4, -0.2) is 34.6 Å². The molecular weight excluding hydrogens is 328 g/mol. The predicted octanol–water partition coefficient (Wildman–Crippen LogP) is 1.75. The molecule has 2 heterocycles. The van der Waals surface area contributed by atoms with Gasteiger partial charge in [0.05, 0.1) is 29.2 Å². The van der Waals surface area contributed by atoms with E-state index in [-0.39, 0.29) is 22.0 Å². The number of nitrogens with zero attached hydrogens (tertiary/aromatic N) is 3. The molecular formula is C14H15F2N3O3S. The summed E-state index contributed by atoms with van der Waals surface area (Å²) in [5, 5.41) is 0. The van der Waals surface area contributed by atoms with Crippen LogP contribution in [-0.2, 0) is 16.4 Å². The van der Waals surface area contributed by atoms with E-state index in [1.807, 2.05) is 0 Å². The topological polar surface area (TPSA) is 81.9 Å². The normalized spacial score (nSPS) is 12.3. The molecule has 124 valence electrons. The fourth-order valence-corrected chi connectivity index (χ4v) is 3.01. The molecule has 0 saturated carbocycles. The van der Waals surface area contributed by atoms with Crippen molar-refractivity contribution in [1.29, 1.82) is 0 Å². The summed E-state index contributed by atoms with van der Waals surface area (Å²) in [6.07, 6.45) is 2.34. The van der Waals surface area contributed by atoms with Crippen molar-refractivity contribution < 1.29 is 17.2 Å². The number of pyridine rings is 1. The standard InChI is InChI=1S/C14H15F2N3O3S/c1-3-23(21,22)11-5-4-6-17-13(11)10-7-12(20)19(9-18-10)8-14(2,15)16/h4-7,9H,3,8H2,1-2H3. The summed E-state index contributed by atoms with van der Waals surface area (Å²) < 4.78 is 50.9. The fraction of sp³-hybridized carbons (Fsp3) is 0.357. The molecule has 0 aliphatic carbocycles. The van der Waals surface area contributed by atoms with E-state index in [4.69, 9.17) is 0 Å². The van der Waals surface area contributed by atoms with Gasteiger partial charge in [0.15, 0.2) is 9.84 Å². The highest BCUT2D eigenvalue weighted by Gasteiger charge is 2.23. The van der Waals surface area contributed by atoms with Gasteiger partial charge in [-0.15, -0.1) is 0 Å². The first kappa shape index (κ1) is 17.2. The summed E-state index contributed by atoms with van der Waals surface area (Å²) in [6.45, 7) is 1.38. The first-order valence-electron chi connectivity index (χ1n) is 6.76. The quantitative estimate of drug-likeness (QED) is 0.826. The Kier molecular flexibility index (Phi) is 4.60. The lowest BCUT2D eigenvalue weighted by molar-refractivity contribution is 0.00268. The Bertz CT molecular complexity index is 873. The lowest BCUT2D eigenvalue weighted by Crippen LogP contribution is -2.28. The summed E-state index contributed by atoms with van der Waals surface area (Å²) in [6, 6.07) is 3.84. The van der Waals surface area contributed by atoms with Gasteiger partial charge in [0.1, 0.15) is 5.69 Å². The van der Waals surface area contributed by atoms with Gasteiger partial charge in [-0.3, -0.25) is 14.3 Å². The number of aromatic nitrogens is 3. The van der Waals surface area contributed by atoms with Crippen LogP contribution in [0.2, 0.25) is 0 Å². The maximum absolute atomic E-state index is 13.0. The first-order chi connectivity index (χ1) is 10.6. The van der Waals surface area contributed by atoms with E-state index < -0.39 is 27.9 Å². The Morgan fingerprint density at radius 1 is 1.30 bits per heavy atom. The molecule has 2 rings (SSSR count). The molecule has 0 radical (unpaired) electrons. The summed E-state index contributed by atoms with van der Waals surface area (Å²) in [5.41, 5.74) is -0.651. The predicted molar refractivity (Wildman–Crippen MR) is 80.1 cm³/mol. The maximum atomic E-state index is 13.0. The highest BCUT2D eigenvalue weighted by atomic mass is 32.2. The third-order valence-corrected chi connectivity index (χ3v) is 4.82. The minimum absolute atomic E-state index is 0.0262. The van der Waals surface area contributed by atoms with Gasteiger partial charge in [-0.25, -0.2) is 22.2 Å². The molecule has 2 aromatic rings. The second-order valence-corrected chi connectivity index (χ2v) is 7.31. The van der Waals surface area contributed by atoms with E-state index >= 15 is 0 Å². The van der Waals surface area contributed by atoms with Crippen molar-refractivity contribution in [3.8, 4) is 11.4 Å². The largest absolute Gasteiger partial charge is 0.293 e. The van der Waals surface area contributed by atoms with E-state index in [9.17, 15) is 22.0 Å². The van der Waals surface area contributed by atoms with E-state index in [0.717, 1.165) is 17.0 Å². The Morgan fingerprint density at radius 3 is 2.57 bits per heavy atom. The van der Waals surface area contributed by atoms with Crippen molar-refractivity contribution in [1.82, 2.24) is 14.5 Å². The van der Waals surface area contributed by atoms with Gasteiger partial charge in [0, 0.05) is 19.2 Å². The highest BCUT2D eigenvalue weighted by Crippen LogP contribution is 2.23. The fourth-order valence-electron chi connectivity index (χ4n) is 1.96. The van der Waals surface area contributed by atoms with Crippen LogP contribution in [0.15, 0.2) is 40.4 Å². The van der Waals surface area contributed by atoms with E-state index in [2.05, 4.69) is 9.97 Å². The zero-order chi connectivity index (χ0) is 17.3. The van der Waals surface area contributed by atoms with Crippen molar-refractivity contribution in [2.24, 2.45) is 0 Å². The van der Waals surface area contributed by atoms with Crippen LogP contribution in [0.5, 0.6) is 0 Å². The second kappa shape index (κ2) is 6.15. The molecule has 2 aromatic heterocycles. The third kappa shape index (κ3) is 3.98.